The highest BCUT2D eigenvalue weighted by molar-refractivity contribution is 6.36. The van der Waals surface area contributed by atoms with Crippen molar-refractivity contribution in [3.05, 3.63) is 33.8 Å². The van der Waals surface area contributed by atoms with Crippen molar-refractivity contribution < 1.29 is 4.79 Å². The van der Waals surface area contributed by atoms with Crippen LogP contribution in [0.2, 0.25) is 10.0 Å². The molecule has 0 fully saturated rings. The van der Waals surface area contributed by atoms with Gasteiger partial charge in [-0.15, -0.1) is 0 Å². The monoisotopic (exact) mass is 259 g/mol. The van der Waals surface area contributed by atoms with Crippen molar-refractivity contribution in [2.24, 2.45) is 0 Å². The highest BCUT2D eigenvalue weighted by Crippen LogP contribution is 2.25. The number of ketones is 1. The number of carbonyl (C=O) groups is 1. The molecule has 0 unspecified atom stereocenters. The van der Waals surface area contributed by atoms with Gasteiger partial charge in [-0.25, -0.2) is 0 Å². The van der Waals surface area contributed by atoms with Crippen LogP contribution in [0.25, 0.3) is 0 Å². The van der Waals surface area contributed by atoms with Gasteiger partial charge >= 0.3 is 0 Å². The van der Waals surface area contributed by atoms with Crippen molar-refractivity contribution in [2.45, 2.75) is 19.3 Å². The summed E-state index contributed by atoms with van der Waals surface area (Å²) in [6.07, 6.45) is 1.72. The molecule has 0 aliphatic rings. The van der Waals surface area contributed by atoms with Gasteiger partial charge in [0.1, 0.15) is 5.78 Å². The van der Waals surface area contributed by atoms with Crippen LogP contribution in [-0.2, 0) is 11.2 Å². The molecule has 4 heteroatoms. The zero-order chi connectivity index (χ0) is 12.0. The summed E-state index contributed by atoms with van der Waals surface area (Å²) >= 11 is 12.0. The van der Waals surface area contributed by atoms with Gasteiger partial charge in [-0.3, -0.25) is 4.79 Å². The van der Waals surface area contributed by atoms with E-state index in [2.05, 4.69) is 5.32 Å². The minimum atomic E-state index is 0.172. The molecule has 0 heterocycles. The number of rotatable bonds is 6. The standard InChI is InChI=1S/C12H15Cl2NO/c1-15-7-3-4-9(16)8-10-11(13)5-2-6-12(10)14/h2,5-6,15H,3-4,7-8H2,1H3. The maximum atomic E-state index is 11.6. The summed E-state index contributed by atoms with van der Waals surface area (Å²) in [4.78, 5) is 11.6. The van der Waals surface area contributed by atoms with Crippen LogP contribution in [-0.4, -0.2) is 19.4 Å². The van der Waals surface area contributed by atoms with Gasteiger partial charge in [0.2, 0.25) is 0 Å². The zero-order valence-corrected chi connectivity index (χ0v) is 10.7. The molecule has 0 atom stereocenters. The minimum absolute atomic E-state index is 0.172. The van der Waals surface area contributed by atoms with Crippen LogP contribution in [0.4, 0.5) is 0 Å². The van der Waals surface area contributed by atoms with Gasteiger partial charge < -0.3 is 5.32 Å². The van der Waals surface area contributed by atoms with Crippen molar-refractivity contribution in [1.29, 1.82) is 0 Å². The SMILES string of the molecule is CNCCCC(=O)Cc1c(Cl)cccc1Cl. The lowest BCUT2D eigenvalue weighted by molar-refractivity contribution is -0.118. The van der Waals surface area contributed by atoms with Crippen LogP contribution in [0, 0.1) is 0 Å². The quantitative estimate of drug-likeness (QED) is 0.796. The first-order valence-corrected chi connectivity index (χ1v) is 6.00. The topological polar surface area (TPSA) is 29.1 Å². The van der Waals surface area contributed by atoms with E-state index >= 15 is 0 Å². The lowest BCUT2D eigenvalue weighted by atomic mass is 10.1. The van der Waals surface area contributed by atoms with E-state index in [0.717, 1.165) is 18.5 Å². The van der Waals surface area contributed by atoms with E-state index in [4.69, 9.17) is 23.2 Å². The molecule has 0 aromatic heterocycles. The number of Topliss-reactive ketones (excluding diaryl/α,β-unsaturated/α-hetero) is 1. The Morgan fingerprint density at radius 2 is 1.94 bits per heavy atom. The first-order valence-electron chi connectivity index (χ1n) is 5.24. The molecule has 1 aromatic carbocycles. The molecule has 1 rings (SSSR count). The molecule has 0 aliphatic carbocycles. The van der Waals surface area contributed by atoms with Crippen molar-refractivity contribution in [2.75, 3.05) is 13.6 Å². The lowest BCUT2D eigenvalue weighted by Crippen LogP contribution is -2.11. The Morgan fingerprint density at radius 1 is 1.31 bits per heavy atom. The predicted octanol–water partition coefficient (Wildman–Crippen LogP) is 3.10. The van der Waals surface area contributed by atoms with E-state index in [1.165, 1.54) is 0 Å². The molecule has 0 saturated heterocycles. The van der Waals surface area contributed by atoms with E-state index in [0.29, 0.717) is 22.9 Å². The van der Waals surface area contributed by atoms with E-state index in [1.807, 2.05) is 7.05 Å². The molecule has 0 radical (unpaired) electrons. The highest BCUT2D eigenvalue weighted by Gasteiger charge is 2.10. The van der Waals surface area contributed by atoms with Crippen molar-refractivity contribution >= 4 is 29.0 Å². The highest BCUT2D eigenvalue weighted by atomic mass is 35.5. The van der Waals surface area contributed by atoms with Crippen LogP contribution in [0.1, 0.15) is 18.4 Å². The van der Waals surface area contributed by atoms with Gasteiger partial charge in [-0.1, -0.05) is 29.3 Å². The Labute approximate surface area is 106 Å². The summed E-state index contributed by atoms with van der Waals surface area (Å²) in [5, 5.41) is 4.13. The molecular formula is C12H15Cl2NO. The first-order chi connectivity index (χ1) is 7.65. The average molecular weight is 260 g/mol. The molecule has 1 aromatic rings. The van der Waals surface area contributed by atoms with Crippen LogP contribution in [0.15, 0.2) is 18.2 Å². The molecule has 0 spiro atoms. The molecule has 0 bridgehead atoms. The number of hydrogen-bond donors (Lipinski definition) is 1. The summed E-state index contributed by atoms with van der Waals surface area (Å²) in [7, 11) is 1.87. The minimum Gasteiger partial charge on any atom is -0.320 e. The van der Waals surface area contributed by atoms with Gasteiger partial charge in [0.15, 0.2) is 0 Å². The van der Waals surface area contributed by atoms with Gasteiger partial charge in [-0.05, 0) is 37.7 Å². The molecule has 0 aliphatic heterocycles. The Kier molecular flexibility index (Phi) is 5.81. The predicted molar refractivity (Wildman–Crippen MR) is 68.3 cm³/mol. The van der Waals surface area contributed by atoms with E-state index in [-0.39, 0.29) is 5.78 Å². The second-order valence-corrected chi connectivity index (χ2v) is 4.44. The third-order valence-electron chi connectivity index (χ3n) is 2.32. The number of nitrogens with one attached hydrogen (secondary N) is 1. The number of halogens is 2. The normalized spacial score (nSPS) is 10.4. The number of hydrogen-bond acceptors (Lipinski definition) is 2. The third kappa shape index (κ3) is 4.12. The maximum absolute atomic E-state index is 11.6. The zero-order valence-electron chi connectivity index (χ0n) is 9.22. The van der Waals surface area contributed by atoms with Crippen LogP contribution < -0.4 is 5.32 Å². The molecular weight excluding hydrogens is 245 g/mol. The molecule has 88 valence electrons. The lowest BCUT2D eigenvalue weighted by Gasteiger charge is -2.06. The summed E-state index contributed by atoms with van der Waals surface area (Å²) < 4.78 is 0. The van der Waals surface area contributed by atoms with Crippen molar-refractivity contribution in [3.8, 4) is 0 Å². The number of benzene rings is 1. The molecule has 1 N–H and O–H groups in total. The van der Waals surface area contributed by atoms with Crippen LogP contribution in [0.5, 0.6) is 0 Å². The summed E-state index contributed by atoms with van der Waals surface area (Å²) in [5.74, 6) is 0.172. The summed E-state index contributed by atoms with van der Waals surface area (Å²) in [6.45, 7) is 0.849. The first kappa shape index (κ1) is 13.5. The van der Waals surface area contributed by atoms with Gasteiger partial charge in [-0.2, -0.15) is 0 Å². The van der Waals surface area contributed by atoms with Crippen LogP contribution >= 0.6 is 23.2 Å². The summed E-state index contributed by atoms with van der Waals surface area (Å²) in [6, 6.07) is 5.28. The second-order valence-electron chi connectivity index (χ2n) is 3.62. The van der Waals surface area contributed by atoms with Gasteiger partial charge in [0.25, 0.3) is 0 Å². The fraction of sp³-hybridized carbons (Fsp3) is 0.417. The van der Waals surface area contributed by atoms with Gasteiger partial charge in [0.05, 0.1) is 0 Å². The number of carbonyl (C=O) groups excluding carboxylic acids is 1. The maximum Gasteiger partial charge on any atom is 0.137 e. The van der Waals surface area contributed by atoms with E-state index in [9.17, 15) is 4.79 Å². The Hall–Kier alpha value is -0.570. The van der Waals surface area contributed by atoms with E-state index in [1.54, 1.807) is 18.2 Å². The Bertz CT molecular complexity index is 346. The fourth-order valence-electron chi connectivity index (χ4n) is 1.45. The van der Waals surface area contributed by atoms with Crippen LogP contribution in [0.3, 0.4) is 0 Å². The second kappa shape index (κ2) is 6.89. The van der Waals surface area contributed by atoms with Gasteiger partial charge in [0, 0.05) is 22.9 Å². The van der Waals surface area contributed by atoms with Crippen molar-refractivity contribution in [1.82, 2.24) is 5.32 Å². The Morgan fingerprint density at radius 3 is 2.50 bits per heavy atom. The average Bonchev–Trinajstić information content (AvgIpc) is 2.24. The third-order valence-corrected chi connectivity index (χ3v) is 3.03. The molecule has 0 saturated carbocycles. The molecule has 2 nitrogen and oxygen atoms in total. The molecule has 16 heavy (non-hydrogen) atoms. The fourth-order valence-corrected chi connectivity index (χ4v) is 1.98. The smallest absolute Gasteiger partial charge is 0.137 e. The molecule has 0 amide bonds. The van der Waals surface area contributed by atoms with Crippen molar-refractivity contribution in [3.63, 3.8) is 0 Å². The summed E-state index contributed by atoms with van der Waals surface area (Å²) in [5.41, 5.74) is 0.736. The largest absolute Gasteiger partial charge is 0.320 e. The van der Waals surface area contributed by atoms with E-state index < -0.39 is 0 Å². The Balaban J connectivity index is 2.56.